The summed E-state index contributed by atoms with van der Waals surface area (Å²) in [5.74, 6) is 0.356. The van der Waals surface area contributed by atoms with Crippen molar-refractivity contribution in [2.24, 2.45) is 0 Å². The summed E-state index contributed by atoms with van der Waals surface area (Å²) in [5, 5.41) is 5.88. The first-order chi connectivity index (χ1) is 2.89. The Morgan fingerprint density at radius 3 is 2.57 bits per heavy atom. The number of nitrogen functional groups attached to an aromatic ring is 1. The van der Waals surface area contributed by atoms with Crippen molar-refractivity contribution < 1.29 is 0 Å². The predicted molar refractivity (Wildman–Crippen MR) is 26.5 cm³/mol. The van der Waals surface area contributed by atoms with Crippen LogP contribution in [-0.2, 0) is 0 Å². The van der Waals surface area contributed by atoms with E-state index in [1.54, 1.807) is 0 Å². The molecule has 5 heteroatoms. The molecule has 0 unspecified atom stereocenters. The molecule has 0 atom stereocenters. The van der Waals surface area contributed by atoms with Crippen LogP contribution in [0.4, 0.5) is 5.95 Å². The molecular formula is C2H4N4Te. The number of rotatable bonds is 0. The van der Waals surface area contributed by atoms with Crippen molar-refractivity contribution in [3.8, 4) is 0 Å². The van der Waals surface area contributed by atoms with Crippen molar-refractivity contribution in [3.63, 3.8) is 0 Å². The SMILES string of the molecule is Nc1ncn[nH]1.[Te]. The van der Waals surface area contributed by atoms with E-state index in [2.05, 4.69) is 15.2 Å². The summed E-state index contributed by atoms with van der Waals surface area (Å²) in [6.07, 6.45) is 1.36. The molecule has 0 aliphatic rings. The first-order valence-electron chi connectivity index (χ1n) is 1.50. The van der Waals surface area contributed by atoms with E-state index in [0.717, 1.165) is 0 Å². The second kappa shape index (κ2) is 2.83. The van der Waals surface area contributed by atoms with Gasteiger partial charge in [-0.25, -0.2) is 10.1 Å². The van der Waals surface area contributed by atoms with Gasteiger partial charge < -0.3 is 5.73 Å². The molecule has 1 rings (SSSR count). The fourth-order valence-corrected chi connectivity index (χ4v) is 0.215. The molecule has 0 aromatic carbocycles. The predicted octanol–water partition coefficient (Wildman–Crippen LogP) is -0.994. The summed E-state index contributed by atoms with van der Waals surface area (Å²) in [6.45, 7) is 0. The van der Waals surface area contributed by atoms with Gasteiger partial charge in [0.15, 0.2) is 0 Å². The summed E-state index contributed by atoms with van der Waals surface area (Å²) in [6, 6.07) is 0. The van der Waals surface area contributed by atoms with Crippen LogP contribution in [0.25, 0.3) is 0 Å². The van der Waals surface area contributed by atoms with Gasteiger partial charge in [0.05, 0.1) is 0 Å². The van der Waals surface area contributed by atoms with Gasteiger partial charge in [-0.05, 0) is 0 Å². The second-order valence-corrected chi connectivity index (χ2v) is 0.871. The standard InChI is InChI=1S/C2H4N4.Te/c3-2-4-1-5-6-2;/h1H,(H3,3,4,5,6);. The third kappa shape index (κ3) is 1.76. The molecule has 7 heavy (non-hydrogen) atoms. The maximum absolute atomic E-state index is 5.05. The van der Waals surface area contributed by atoms with Crippen LogP contribution in [-0.4, -0.2) is 38.8 Å². The zero-order valence-electron chi connectivity index (χ0n) is 3.46. The van der Waals surface area contributed by atoms with Gasteiger partial charge in [-0.3, -0.25) is 0 Å². The molecule has 0 amide bonds. The summed E-state index contributed by atoms with van der Waals surface area (Å²) < 4.78 is 0. The van der Waals surface area contributed by atoms with Crippen LogP contribution in [0.5, 0.6) is 0 Å². The molecule has 0 aliphatic carbocycles. The molecule has 0 spiro atoms. The van der Waals surface area contributed by atoms with E-state index in [0.29, 0.717) is 5.95 Å². The van der Waals surface area contributed by atoms with Crippen molar-refractivity contribution >= 4 is 29.6 Å². The number of hydrogen-bond acceptors (Lipinski definition) is 3. The van der Waals surface area contributed by atoms with Gasteiger partial charge in [0, 0.05) is 23.7 Å². The second-order valence-electron chi connectivity index (χ2n) is 0.871. The Balaban J connectivity index is 0.000000360. The molecule has 1 aromatic heterocycles. The van der Waals surface area contributed by atoms with E-state index < -0.39 is 0 Å². The fraction of sp³-hybridized carbons (Fsp3) is 0. The number of aromatic nitrogens is 3. The molecule has 1 aromatic rings. The largest absolute Gasteiger partial charge is 0.368 e. The Bertz CT molecular complexity index is 113. The molecule has 3 N–H and O–H groups in total. The van der Waals surface area contributed by atoms with Gasteiger partial charge in [0.25, 0.3) is 0 Å². The summed E-state index contributed by atoms with van der Waals surface area (Å²) in [4.78, 5) is 3.53. The number of nitrogens with zero attached hydrogens (tertiary/aromatic N) is 2. The van der Waals surface area contributed by atoms with Gasteiger partial charge >= 0.3 is 0 Å². The van der Waals surface area contributed by atoms with Crippen LogP contribution in [0, 0.1) is 0 Å². The van der Waals surface area contributed by atoms with Crippen molar-refractivity contribution in [3.05, 3.63) is 6.33 Å². The Kier molecular flexibility index (Phi) is 2.72. The van der Waals surface area contributed by atoms with Gasteiger partial charge in [0.1, 0.15) is 6.33 Å². The van der Waals surface area contributed by atoms with E-state index in [1.807, 2.05) is 0 Å². The van der Waals surface area contributed by atoms with Gasteiger partial charge in [-0.2, -0.15) is 5.10 Å². The molecule has 4 nitrogen and oxygen atoms in total. The average molecular weight is 212 g/mol. The number of nitrogens with two attached hydrogens (primary N) is 1. The topological polar surface area (TPSA) is 67.6 Å². The Morgan fingerprint density at radius 1 is 1.71 bits per heavy atom. The molecule has 2 radical (unpaired) electrons. The maximum Gasteiger partial charge on any atom is 0.215 e. The fourth-order valence-electron chi connectivity index (χ4n) is 0.215. The minimum Gasteiger partial charge on any atom is -0.368 e. The first kappa shape index (κ1) is 6.73. The molecule has 0 fully saturated rings. The average Bonchev–Trinajstić information content (AvgIpc) is 1.86. The maximum atomic E-state index is 5.05. The molecule has 0 bridgehead atoms. The van der Waals surface area contributed by atoms with Gasteiger partial charge in [-0.15, -0.1) is 0 Å². The Morgan fingerprint density at radius 2 is 2.43 bits per heavy atom. The van der Waals surface area contributed by atoms with E-state index >= 15 is 0 Å². The number of anilines is 1. The van der Waals surface area contributed by atoms with Crippen molar-refractivity contribution in [2.45, 2.75) is 0 Å². The third-order valence-electron chi connectivity index (χ3n) is 0.434. The van der Waals surface area contributed by atoms with Gasteiger partial charge in [-0.1, -0.05) is 0 Å². The number of H-pyrrole nitrogens is 1. The molecule has 0 saturated heterocycles. The van der Waals surface area contributed by atoms with Crippen LogP contribution in [0.1, 0.15) is 0 Å². The van der Waals surface area contributed by atoms with Crippen LogP contribution in [0.15, 0.2) is 6.33 Å². The zero-order chi connectivity index (χ0) is 4.41. The van der Waals surface area contributed by atoms with Gasteiger partial charge in [0.2, 0.25) is 5.95 Å². The van der Waals surface area contributed by atoms with Crippen molar-refractivity contribution in [2.75, 3.05) is 5.73 Å². The Labute approximate surface area is 57.2 Å². The van der Waals surface area contributed by atoms with E-state index in [4.69, 9.17) is 5.73 Å². The molecule has 38 valence electrons. The first-order valence-corrected chi connectivity index (χ1v) is 1.50. The van der Waals surface area contributed by atoms with Crippen molar-refractivity contribution in [1.82, 2.24) is 15.2 Å². The minimum atomic E-state index is 0. The molecule has 0 saturated carbocycles. The molecule has 1 heterocycles. The normalized spacial score (nSPS) is 7.43. The minimum absolute atomic E-state index is 0. The number of nitrogens with one attached hydrogen (secondary N) is 1. The number of aromatic amines is 1. The number of hydrogen-bond donors (Lipinski definition) is 2. The summed E-state index contributed by atoms with van der Waals surface area (Å²) in [7, 11) is 0. The van der Waals surface area contributed by atoms with Crippen molar-refractivity contribution in [1.29, 1.82) is 0 Å². The molecule has 0 aliphatic heterocycles. The van der Waals surface area contributed by atoms with E-state index in [9.17, 15) is 0 Å². The van der Waals surface area contributed by atoms with Crippen LogP contribution in [0.3, 0.4) is 0 Å². The Hall–Kier alpha value is -0.270. The van der Waals surface area contributed by atoms with Crippen LogP contribution in [0.2, 0.25) is 0 Å². The van der Waals surface area contributed by atoms with Crippen LogP contribution >= 0.6 is 0 Å². The summed E-state index contributed by atoms with van der Waals surface area (Å²) >= 11 is 0. The van der Waals surface area contributed by atoms with Crippen LogP contribution < -0.4 is 5.73 Å². The monoisotopic (exact) mass is 214 g/mol. The summed E-state index contributed by atoms with van der Waals surface area (Å²) in [5.41, 5.74) is 5.05. The third-order valence-corrected chi connectivity index (χ3v) is 0.434. The zero-order valence-corrected chi connectivity index (χ0v) is 5.79. The van der Waals surface area contributed by atoms with E-state index in [-0.39, 0.29) is 23.7 Å². The molecular weight excluding hydrogens is 208 g/mol. The van der Waals surface area contributed by atoms with E-state index in [1.165, 1.54) is 6.33 Å². The smallest absolute Gasteiger partial charge is 0.215 e. The quantitative estimate of drug-likeness (QED) is 0.542.